The number of fused-ring (bicyclic) bond motifs is 2. The first-order valence-corrected chi connectivity index (χ1v) is 18.6. The van der Waals surface area contributed by atoms with Crippen molar-refractivity contribution in [2.75, 3.05) is 26.2 Å². The van der Waals surface area contributed by atoms with Crippen molar-refractivity contribution in [3.05, 3.63) is 111 Å². The molecule has 1 N–H and O–H groups in total. The first-order valence-electron chi connectivity index (χ1n) is 18.6. The summed E-state index contributed by atoms with van der Waals surface area (Å²) in [5, 5.41) is 3.14. The number of amides is 2. The van der Waals surface area contributed by atoms with Crippen molar-refractivity contribution in [1.29, 1.82) is 0 Å². The van der Waals surface area contributed by atoms with Gasteiger partial charge in [-0.25, -0.2) is 23.7 Å². The average molecular weight is 719 g/mol. The zero-order valence-corrected chi connectivity index (χ0v) is 29.8. The number of nitrogens with zero attached hydrogens (tertiary/aromatic N) is 7. The van der Waals surface area contributed by atoms with Crippen molar-refractivity contribution in [1.82, 2.24) is 38.8 Å². The van der Waals surface area contributed by atoms with E-state index >= 15 is 0 Å². The molecule has 5 heterocycles. The molecule has 1 saturated carbocycles. The highest BCUT2D eigenvalue weighted by Gasteiger charge is 2.29. The number of piperazine rings is 1. The predicted molar refractivity (Wildman–Crippen MR) is 198 cm³/mol. The molecule has 13 heteroatoms. The third-order valence-electron chi connectivity index (χ3n) is 11.0. The number of pyridine rings is 1. The highest BCUT2D eigenvalue weighted by atomic mass is 19.1. The van der Waals surface area contributed by atoms with Crippen molar-refractivity contribution < 1.29 is 14.0 Å². The summed E-state index contributed by atoms with van der Waals surface area (Å²) in [6.45, 7) is 6.40. The standard InChI is InChI=1S/C40H43FN8O4/c1-26(50)46-19-17-45(18-20-46)24-27-8-10-28(11-9-27)29-5-4-6-33(21-29)48-37-34(22-30(41)23-42-37)39(52)49(40(48)53)32-14-12-31(13-15-32)43-38(51)35-25-47-16-3-2-7-36(47)44-35/h4-6,8-11,21-23,25,31-32H,2-3,7,12-20,24H2,1H3,(H,43,51)/t31-,32+. The molecule has 0 unspecified atom stereocenters. The predicted octanol–water partition coefficient (Wildman–Crippen LogP) is 4.46. The SMILES string of the molecule is CC(=O)N1CCN(Cc2ccc(-c3cccc(-n4c(=O)n([C@H]5CC[C@@H](NC(=O)c6cn7c(n6)CCCC7)CC5)c(=O)c5cc(F)cnc54)c3)cc2)CC1. The fraction of sp³-hybridized carbons (Fsp3) is 0.400. The van der Waals surface area contributed by atoms with Gasteiger partial charge in [0.2, 0.25) is 5.91 Å². The third kappa shape index (κ3) is 7.05. The lowest BCUT2D eigenvalue weighted by molar-refractivity contribution is -0.130. The Morgan fingerprint density at radius 3 is 2.42 bits per heavy atom. The second-order valence-corrected chi connectivity index (χ2v) is 14.5. The highest BCUT2D eigenvalue weighted by Crippen LogP contribution is 2.29. The Bertz CT molecular complexity index is 2270. The van der Waals surface area contributed by atoms with E-state index in [9.17, 15) is 23.6 Å². The number of halogens is 1. The lowest BCUT2D eigenvalue weighted by atomic mass is 9.90. The monoisotopic (exact) mass is 718 g/mol. The number of carbonyl (C=O) groups is 2. The van der Waals surface area contributed by atoms with Crippen LogP contribution in [-0.2, 0) is 24.3 Å². The van der Waals surface area contributed by atoms with Crippen molar-refractivity contribution in [3.8, 4) is 16.8 Å². The maximum atomic E-state index is 14.6. The summed E-state index contributed by atoms with van der Waals surface area (Å²) in [7, 11) is 0. The van der Waals surface area contributed by atoms with Crippen LogP contribution in [0.15, 0.2) is 76.6 Å². The maximum absolute atomic E-state index is 14.6. The van der Waals surface area contributed by atoms with Crippen LogP contribution in [0.25, 0.3) is 27.8 Å². The Labute approximate surface area is 305 Å². The van der Waals surface area contributed by atoms with Crippen molar-refractivity contribution in [2.45, 2.75) is 77.0 Å². The number of hydrogen-bond acceptors (Lipinski definition) is 7. The zero-order chi connectivity index (χ0) is 36.6. The van der Waals surface area contributed by atoms with Gasteiger partial charge >= 0.3 is 5.69 Å². The van der Waals surface area contributed by atoms with Gasteiger partial charge in [0, 0.05) is 70.9 Å². The zero-order valence-electron chi connectivity index (χ0n) is 29.8. The summed E-state index contributed by atoms with van der Waals surface area (Å²) >= 11 is 0. The van der Waals surface area contributed by atoms with Gasteiger partial charge in [-0.1, -0.05) is 36.4 Å². The summed E-state index contributed by atoms with van der Waals surface area (Å²) in [6.07, 6.45) is 8.02. The van der Waals surface area contributed by atoms with Gasteiger partial charge in [0.15, 0.2) is 5.65 Å². The summed E-state index contributed by atoms with van der Waals surface area (Å²) < 4.78 is 19.3. The number of benzene rings is 2. The second-order valence-electron chi connectivity index (χ2n) is 14.5. The molecule has 274 valence electrons. The van der Waals surface area contributed by atoms with Crippen molar-refractivity contribution >= 4 is 22.8 Å². The van der Waals surface area contributed by atoms with Crippen LogP contribution < -0.4 is 16.6 Å². The van der Waals surface area contributed by atoms with Crippen LogP contribution in [0, 0.1) is 5.82 Å². The van der Waals surface area contributed by atoms with E-state index in [1.807, 2.05) is 41.4 Å². The molecular weight excluding hydrogens is 675 g/mol. The number of imidazole rings is 1. The minimum atomic E-state index is -0.659. The first-order chi connectivity index (χ1) is 25.7. The van der Waals surface area contributed by atoms with Crippen molar-refractivity contribution in [3.63, 3.8) is 0 Å². The number of rotatable bonds is 7. The van der Waals surface area contributed by atoms with Gasteiger partial charge in [-0.15, -0.1) is 0 Å². The van der Waals surface area contributed by atoms with E-state index in [0.29, 0.717) is 37.1 Å². The molecule has 0 spiro atoms. The van der Waals surface area contributed by atoms with E-state index in [4.69, 9.17) is 0 Å². The Morgan fingerprint density at radius 2 is 1.68 bits per heavy atom. The van der Waals surface area contributed by atoms with Gasteiger partial charge in [0.1, 0.15) is 17.3 Å². The van der Waals surface area contributed by atoms with Crippen molar-refractivity contribution in [2.24, 2.45) is 0 Å². The lowest BCUT2D eigenvalue weighted by Gasteiger charge is -2.34. The summed E-state index contributed by atoms with van der Waals surface area (Å²) in [5.74, 6) is 0.191. The summed E-state index contributed by atoms with van der Waals surface area (Å²) in [4.78, 5) is 66.0. The average Bonchev–Trinajstić information content (AvgIpc) is 3.62. The van der Waals surface area contributed by atoms with E-state index in [1.165, 1.54) is 9.13 Å². The molecule has 53 heavy (non-hydrogen) atoms. The quantitative estimate of drug-likeness (QED) is 0.263. The molecule has 0 radical (unpaired) electrons. The molecule has 0 bridgehead atoms. The van der Waals surface area contributed by atoms with Gasteiger partial charge < -0.3 is 14.8 Å². The number of hydrogen-bond donors (Lipinski definition) is 1. The molecule has 2 aliphatic heterocycles. The minimum absolute atomic E-state index is 0.0302. The molecule has 2 aromatic carbocycles. The fourth-order valence-corrected chi connectivity index (χ4v) is 8.10. The molecular formula is C40H43FN8O4. The number of aryl methyl sites for hydroxylation is 2. The van der Waals surface area contributed by atoms with Gasteiger partial charge in [-0.3, -0.25) is 23.9 Å². The van der Waals surface area contributed by atoms with E-state index in [1.54, 1.807) is 13.0 Å². The molecule has 1 saturated heterocycles. The van der Waals surface area contributed by atoms with Crippen LogP contribution in [0.5, 0.6) is 0 Å². The number of aromatic nitrogens is 5. The van der Waals surface area contributed by atoms with Crippen LogP contribution >= 0.6 is 0 Å². The summed E-state index contributed by atoms with van der Waals surface area (Å²) in [6, 6.07) is 16.4. The Morgan fingerprint density at radius 1 is 0.906 bits per heavy atom. The molecule has 0 atom stereocenters. The molecule has 3 aliphatic rings. The maximum Gasteiger partial charge on any atom is 0.337 e. The molecule has 2 fully saturated rings. The van der Waals surface area contributed by atoms with E-state index < -0.39 is 23.1 Å². The fourth-order valence-electron chi connectivity index (χ4n) is 8.10. The van der Waals surface area contributed by atoms with Crippen LogP contribution in [0.1, 0.15) is 73.4 Å². The normalized spacial score (nSPS) is 19.2. The Balaban J connectivity index is 1.02. The van der Waals surface area contributed by atoms with Crippen LogP contribution in [0.3, 0.4) is 0 Å². The smallest absolute Gasteiger partial charge is 0.337 e. The highest BCUT2D eigenvalue weighted by molar-refractivity contribution is 5.92. The first kappa shape index (κ1) is 34.6. The van der Waals surface area contributed by atoms with Crippen LogP contribution in [0.2, 0.25) is 0 Å². The topological polar surface area (TPSA) is 127 Å². The van der Waals surface area contributed by atoms with Crippen LogP contribution in [-0.4, -0.2) is 77.5 Å². The Kier molecular flexibility index (Phi) is 9.50. The largest absolute Gasteiger partial charge is 0.348 e. The Hall–Kier alpha value is -5.43. The number of nitrogens with one attached hydrogen (secondary N) is 1. The third-order valence-corrected chi connectivity index (χ3v) is 11.0. The van der Waals surface area contributed by atoms with Gasteiger partial charge in [-0.2, -0.15) is 0 Å². The minimum Gasteiger partial charge on any atom is -0.348 e. The lowest BCUT2D eigenvalue weighted by Crippen LogP contribution is -2.47. The molecule has 8 rings (SSSR count). The molecule has 1 aliphatic carbocycles. The molecule has 5 aromatic rings. The second kappa shape index (κ2) is 14.5. The van der Waals surface area contributed by atoms with Gasteiger partial charge in [-0.05, 0) is 73.4 Å². The van der Waals surface area contributed by atoms with E-state index in [2.05, 4.69) is 36.9 Å². The molecule has 12 nitrogen and oxygen atoms in total. The number of carbonyl (C=O) groups excluding carboxylic acids is 2. The molecule has 2 amide bonds. The van der Waals surface area contributed by atoms with Gasteiger partial charge in [0.05, 0.1) is 17.3 Å². The van der Waals surface area contributed by atoms with E-state index in [0.717, 1.165) is 93.3 Å². The van der Waals surface area contributed by atoms with Crippen LogP contribution in [0.4, 0.5) is 4.39 Å². The van der Waals surface area contributed by atoms with E-state index in [-0.39, 0.29) is 28.9 Å². The summed E-state index contributed by atoms with van der Waals surface area (Å²) in [5.41, 5.74) is 2.92. The van der Waals surface area contributed by atoms with Gasteiger partial charge in [0.25, 0.3) is 11.5 Å². The molecule has 3 aromatic heterocycles.